The Morgan fingerprint density at radius 3 is 2.94 bits per heavy atom. The van der Waals surface area contributed by atoms with Gasteiger partial charge in [0.1, 0.15) is 5.01 Å². The Labute approximate surface area is 105 Å². The summed E-state index contributed by atoms with van der Waals surface area (Å²) in [5.41, 5.74) is -0.519. The number of thiazole rings is 1. The predicted molar refractivity (Wildman–Crippen MR) is 67.1 cm³/mol. The lowest BCUT2D eigenvalue weighted by molar-refractivity contribution is -0.154. The number of carboxylic acids is 1. The van der Waals surface area contributed by atoms with Crippen LogP contribution in [0.25, 0.3) is 0 Å². The van der Waals surface area contributed by atoms with E-state index in [4.69, 9.17) is 5.11 Å². The van der Waals surface area contributed by atoms with E-state index in [0.717, 1.165) is 18.0 Å². The van der Waals surface area contributed by atoms with Gasteiger partial charge in [0.25, 0.3) is 0 Å². The average Bonchev–Trinajstić information content (AvgIpc) is 2.70. The lowest BCUT2D eigenvalue weighted by Crippen LogP contribution is -2.51. The van der Waals surface area contributed by atoms with E-state index in [-0.39, 0.29) is 0 Å². The second-order valence-electron chi connectivity index (χ2n) is 4.93. The molecule has 0 unspecified atom stereocenters. The number of aryl methyl sites for hydroxylation is 1. The van der Waals surface area contributed by atoms with Gasteiger partial charge >= 0.3 is 5.97 Å². The standard InChI is InChI=1S/C12H18N2O2S/c1-3-9-6-14-10(17-9)7-13-8-4-12(2,5-8)11(15)16/h6,8,13H,3-5,7H2,1-2H3,(H,15,16). The molecule has 1 aromatic rings. The molecule has 1 aliphatic rings. The minimum Gasteiger partial charge on any atom is -0.481 e. The van der Waals surface area contributed by atoms with Gasteiger partial charge in [-0.25, -0.2) is 4.98 Å². The van der Waals surface area contributed by atoms with Gasteiger partial charge in [-0.3, -0.25) is 4.79 Å². The van der Waals surface area contributed by atoms with E-state index in [1.807, 2.05) is 13.1 Å². The van der Waals surface area contributed by atoms with Crippen molar-refractivity contribution < 1.29 is 9.90 Å². The number of rotatable bonds is 5. The number of aromatic nitrogens is 1. The highest BCUT2D eigenvalue weighted by Gasteiger charge is 2.46. The van der Waals surface area contributed by atoms with Crippen molar-refractivity contribution in [2.75, 3.05) is 0 Å². The Morgan fingerprint density at radius 1 is 1.71 bits per heavy atom. The van der Waals surface area contributed by atoms with Gasteiger partial charge in [0.2, 0.25) is 0 Å². The predicted octanol–water partition coefficient (Wildman–Crippen LogP) is 2.05. The van der Waals surface area contributed by atoms with Crippen LogP contribution in [0.4, 0.5) is 0 Å². The summed E-state index contributed by atoms with van der Waals surface area (Å²) in [4.78, 5) is 16.6. The number of aliphatic carboxylic acids is 1. The van der Waals surface area contributed by atoms with Crippen LogP contribution in [0.1, 0.15) is 36.6 Å². The van der Waals surface area contributed by atoms with Crippen LogP contribution in [0.15, 0.2) is 6.20 Å². The van der Waals surface area contributed by atoms with E-state index in [0.29, 0.717) is 18.9 Å². The zero-order chi connectivity index (χ0) is 12.5. The van der Waals surface area contributed by atoms with Crippen molar-refractivity contribution in [1.29, 1.82) is 0 Å². The number of nitrogens with zero attached hydrogens (tertiary/aromatic N) is 1. The molecule has 2 rings (SSSR count). The molecule has 0 amide bonds. The molecule has 0 saturated heterocycles. The molecule has 1 heterocycles. The van der Waals surface area contributed by atoms with Crippen molar-refractivity contribution in [3.05, 3.63) is 16.1 Å². The Bertz CT molecular complexity index is 410. The summed E-state index contributed by atoms with van der Waals surface area (Å²) in [7, 11) is 0. The summed E-state index contributed by atoms with van der Waals surface area (Å²) in [6, 6.07) is 0.324. The maximum absolute atomic E-state index is 10.9. The molecule has 0 atom stereocenters. The smallest absolute Gasteiger partial charge is 0.309 e. The van der Waals surface area contributed by atoms with Gasteiger partial charge in [-0.15, -0.1) is 11.3 Å². The van der Waals surface area contributed by atoms with Crippen molar-refractivity contribution in [1.82, 2.24) is 10.3 Å². The van der Waals surface area contributed by atoms with Crippen LogP contribution in [0.2, 0.25) is 0 Å². The summed E-state index contributed by atoms with van der Waals surface area (Å²) in [6.07, 6.45) is 4.38. The van der Waals surface area contributed by atoms with Crippen molar-refractivity contribution >= 4 is 17.3 Å². The lowest BCUT2D eigenvalue weighted by Gasteiger charge is -2.42. The largest absolute Gasteiger partial charge is 0.481 e. The topological polar surface area (TPSA) is 62.2 Å². The van der Waals surface area contributed by atoms with E-state index >= 15 is 0 Å². The molecular weight excluding hydrogens is 236 g/mol. The van der Waals surface area contributed by atoms with Crippen molar-refractivity contribution in [2.45, 2.75) is 45.7 Å². The lowest BCUT2D eigenvalue weighted by atomic mass is 9.67. The molecule has 0 aliphatic heterocycles. The normalized spacial score (nSPS) is 27.8. The zero-order valence-electron chi connectivity index (χ0n) is 10.2. The van der Waals surface area contributed by atoms with Crippen LogP contribution in [-0.2, 0) is 17.8 Å². The van der Waals surface area contributed by atoms with Gasteiger partial charge in [0, 0.05) is 23.7 Å². The SMILES string of the molecule is CCc1cnc(CNC2CC(C)(C(=O)O)C2)s1. The molecule has 17 heavy (non-hydrogen) atoms. The van der Waals surface area contributed by atoms with Crippen LogP contribution in [0, 0.1) is 5.41 Å². The molecule has 2 N–H and O–H groups in total. The second kappa shape index (κ2) is 4.74. The fraction of sp³-hybridized carbons (Fsp3) is 0.667. The molecule has 1 fully saturated rings. The molecule has 4 nitrogen and oxygen atoms in total. The summed E-state index contributed by atoms with van der Waals surface area (Å²) in [5, 5.41) is 13.4. The molecule has 0 aromatic carbocycles. The van der Waals surface area contributed by atoms with Gasteiger partial charge in [0.15, 0.2) is 0 Å². The number of nitrogens with one attached hydrogen (secondary N) is 1. The van der Waals surface area contributed by atoms with Crippen LogP contribution >= 0.6 is 11.3 Å². The Balaban J connectivity index is 1.76. The van der Waals surface area contributed by atoms with E-state index in [9.17, 15) is 4.79 Å². The van der Waals surface area contributed by atoms with Crippen LogP contribution in [0.5, 0.6) is 0 Å². The quantitative estimate of drug-likeness (QED) is 0.844. The Morgan fingerprint density at radius 2 is 2.41 bits per heavy atom. The monoisotopic (exact) mass is 254 g/mol. The zero-order valence-corrected chi connectivity index (χ0v) is 11.0. The maximum Gasteiger partial charge on any atom is 0.309 e. The van der Waals surface area contributed by atoms with Gasteiger partial charge in [0.05, 0.1) is 5.41 Å². The van der Waals surface area contributed by atoms with Crippen molar-refractivity contribution in [3.8, 4) is 0 Å². The highest BCUT2D eigenvalue weighted by molar-refractivity contribution is 7.11. The highest BCUT2D eigenvalue weighted by Crippen LogP contribution is 2.40. The van der Waals surface area contributed by atoms with Crippen LogP contribution in [-0.4, -0.2) is 22.1 Å². The van der Waals surface area contributed by atoms with Crippen LogP contribution in [0.3, 0.4) is 0 Å². The number of carbonyl (C=O) groups is 1. The first-order valence-electron chi connectivity index (χ1n) is 5.94. The van der Waals surface area contributed by atoms with E-state index in [2.05, 4.69) is 17.2 Å². The molecule has 1 aromatic heterocycles. The molecule has 94 valence electrons. The third-order valence-corrected chi connectivity index (χ3v) is 4.54. The van der Waals surface area contributed by atoms with E-state index in [1.165, 1.54) is 4.88 Å². The second-order valence-corrected chi connectivity index (χ2v) is 6.13. The molecule has 5 heteroatoms. The fourth-order valence-corrected chi connectivity index (χ4v) is 2.98. The Hall–Kier alpha value is -0.940. The fourth-order valence-electron chi connectivity index (χ4n) is 2.17. The summed E-state index contributed by atoms with van der Waals surface area (Å²) in [6.45, 7) is 4.69. The average molecular weight is 254 g/mol. The maximum atomic E-state index is 10.9. The van der Waals surface area contributed by atoms with E-state index < -0.39 is 11.4 Å². The third-order valence-electron chi connectivity index (χ3n) is 3.40. The van der Waals surface area contributed by atoms with Gasteiger partial charge in [-0.05, 0) is 26.2 Å². The molecule has 0 spiro atoms. The highest BCUT2D eigenvalue weighted by atomic mass is 32.1. The van der Waals surface area contributed by atoms with Gasteiger partial charge < -0.3 is 10.4 Å². The van der Waals surface area contributed by atoms with Crippen molar-refractivity contribution in [2.24, 2.45) is 5.41 Å². The molecule has 0 bridgehead atoms. The first-order valence-corrected chi connectivity index (χ1v) is 6.75. The molecule has 1 aliphatic carbocycles. The van der Waals surface area contributed by atoms with Gasteiger partial charge in [-0.1, -0.05) is 6.92 Å². The summed E-state index contributed by atoms with van der Waals surface area (Å²) in [5.74, 6) is -0.682. The minimum atomic E-state index is -0.682. The molecule has 0 radical (unpaired) electrons. The third kappa shape index (κ3) is 2.66. The van der Waals surface area contributed by atoms with Crippen LogP contribution < -0.4 is 5.32 Å². The summed E-state index contributed by atoms with van der Waals surface area (Å²) < 4.78 is 0. The van der Waals surface area contributed by atoms with Gasteiger partial charge in [-0.2, -0.15) is 0 Å². The minimum absolute atomic E-state index is 0.324. The van der Waals surface area contributed by atoms with E-state index in [1.54, 1.807) is 11.3 Å². The van der Waals surface area contributed by atoms with Crippen molar-refractivity contribution in [3.63, 3.8) is 0 Å². The summed E-state index contributed by atoms with van der Waals surface area (Å²) >= 11 is 1.73. The molecular formula is C12H18N2O2S. The first-order chi connectivity index (χ1) is 8.03. The number of hydrogen-bond acceptors (Lipinski definition) is 4. The number of hydrogen-bond donors (Lipinski definition) is 2. The Kier molecular flexibility index (Phi) is 3.49. The molecule has 1 saturated carbocycles. The number of carboxylic acid groups (broad SMARTS) is 1. The first kappa shape index (κ1) is 12.5.